The first-order chi connectivity index (χ1) is 12.6. The number of nitrogens with zero attached hydrogens (tertiary/aromatic N) is 4. The van der Waals surface area contributed by atoms with E-state index in [1.54, 1.807) is 24.4 Å². The van der Waals surface area contributed by atoms with Crippen LogP contribution in [0.1, 0.15) is 5.82 Å². The van der Waals surface area contributed by atoms with Crippen LogP contribution in [0.3, 0.4) is 0 Å². The molecular weight excluding hydrogens is 374 g/mol. The van der Waals surface area contributed by atoms with Crippen LogP contribution in [0.2, 0.25) is 5.02 Å². The van der Waals surface area contributed by atoms with Crippen molar-refractivity contribution in [2.24, 2.45) is 5.73 Å². The zero-order valence-corrected chi connectivity index (χ0v) is 15.3. The number of halogens is 1. The van der Waals surface area contributed by atoms with Crippen LogP contribution < -0.4 is 10.5 Å². The van der Waals surface area contributed by atoms with E-state index >= 15 is 0 Å². The molecule has 0 aliphatic rings. The Bertz CT molecular complexity index is 959. The predicted octanol–water partition coefficient (Wildman–Crippen LogP) is 2.82. The van der Waals surface area contributed by atoms with Crippen LogP contribution >= 0.6 is 23.4 Å². The smallest absolute Gasteiger partial charge is 0.227 e. The summed E-state index contributed by atoms with van der Waals surface area (Å²) in [4.78, 5) is 15.3. The van der Waals surface area contributed by atoms with E-state index in [9.17, 15) is 4.79 Å². The summed E-state index contributed by atoms with van der Waals surface area (Å²) in [7, 11) is 0. The van der Waals surface area contributed by atoms with Gasteiger partial charge in [0.05, 0.1) is 10.8 Å². The second-order valence-corrected chi connectivity index (χ2v) is 6.64. The number of rotatable bonds is 8. The number of hydrogen-bond donors (Lipinski definition) is 1. The number of ether oxygens (including phenoxy) is 1. The van der Waals surface area contributed by atoms with Gasteiger partial charge in [-0.3, -0.25) is 14.3 Å². The number of hydrogen-bond acceptors (Lipinski definition) is 6. The summed E-state index contributed by atoms with van der Waals surface area (Å²) < 4.78 is 7.73. The molecule has 7 nitrogen and oxygen atoms in total. The molecule has 0 bridgehead atoms. The van der Waals surface area contributed by atoms with Crippen molar-refractivity contribution in [2.45, 2.75) is 18.3 Å². The first-order valence-corrected chi connectivity index (χ1v) is 9.06. The molecule has 0 unspecified atom stereocenters. The lowest BCUT2D eigenvalue weighted by atomic mass is 10.2. The molecule has 3 aromatic rings. The number of benzene rings is 1. The number of amides is 1. The van der Waals surface area contributed by atoms with Gasteiger partial charge in [-0.05, 0) is 24.3 Å². The Morgan fingerprint density at radius 2 is 2.23 bits per heavy atom. The Morgan fingerprint density at radius 1 is 1.38 bits per heavy atom. The molecule has 0 saturated carbocycles. The minimum atomic E-state index is -0.417. The first kappa shape index (κ1) is 18.2. The minimum Gasteiger partial charge on any atom is -0.483 e. The molecule has 2 heterocycles. The lowest BCUT2D eigenvalue weighted by molar-refractivity contribution is -0.115. The fourth-order valence-corrected chi connectivity index (χ4v) is 3.27. The Kier molecular flexibility index (Phi) is 5.75. The van der Waals surface area contributed by atoms with E-state index in [1.807, 2.05) is 16.7 Å². The van der Waals surface area contributed by atoms with Gasteiger partial charge in [0.25, 0.3) is 0 Å². The van der Waals surface area contributed by atoms with Gasteiger partial charge in [0.2, 0.25) is 5.91 Å². The molecule has 3 rings (SSSR count). The lowest BCUT2D eigenvalue weighted by Gasteiger charge is -2.11. The maximum absolute atomic E-state index is 11.0. The monoisotopic (exact) mass is 389 g/mol. The van der Waals surface area contributed by atoms with Crippen molar-refractivity contribution in [3.8, 4) is 5.75 Å². The first-order valence-electron chi connectivity index (χ1n) is 7.70. The van der Waals surface area contributed by atoms with Gasteiger partial charge < -0.3 is 10.5 Å². The van der Waals surface area contributed by atoms with Gasteiger partial charge in [0.1, 0.15) is 17.9 Å². The molecule has 0 saturated heterocycles. The number of primary amides is 1. The summed E-state index contributed by atoms with van der Waals surface area (Å²) >= 11 is 7.43. The topological polar surface area (TPSA) is 95.9 Å². The average Bonchev–Trinajstić information content (AvgIpc) is 3.02. The highest BCUT2D eigenvalue weighted by molar-refractivity contribution is 7.99. The quantitative estimate of drug-likeness (QED) is 0.470. The number of allylic oxidation sites excluding steroid dienone is 1. The number of aromatic nitrogens is 4. The van der Waals surface area contributed by atoms with Crippen molar-refractivity contribution in [2.75, 3.05) is 5.75 Å². The Labute approximate surface area is 159 Å². The van der Waals surface area contributed by atoms with Gasteiger partial charge in [0, 0.05) is 18.1 Å². The van der Waals surface area contributed by atoms with Crippen molar-refractivity contribution >= 4 is 40.2 Å². The summed E-state index contributed by atoms with van der Waals surface area (Å²) in [5.41, 5.74) is 5.87. The molecule has 0 aliphatic heterocycles. The maximum atomic E-state index is 11.0. The fourth-order valence-electron chi connectivity index (χ4n) is 2.35. The third-order valence-electron chi connectivity index (χ3n) is 3.48. The summed E-state index contributed by atoms with van der Waals surface area (Å²) in [6.07, 6.45) is 3.41. The van der Waals surface area contributed by atoms with Crippen LogP contribution in [0.15, 0.2) is 48.3 Å². The summed E-state index contributed by atoms with van der Waals surface area (Å²) in [6.45, 7) is 4.42. The van der Waals surface area contributed by atoms with Gasteiger partial charge in [-0.25, -0.2) is 0 Å². The standard InChI is InChI=1S/C17H16ClN5O2S/c1-2-8-23-15(21-22-17(23)26-10-14(19)24)9-25-13-6-5-12(18)11-4-3-7-20-16(11)13/h2-7H,1,8-10H2,(H2,19,24). The molecule has 0 spiro atoms. The molecule has 26 heavy (non-hydrogen) atoms. The highest BCUT2D eigenvalue weighted by atomic mass is 35.5. The van der Waals surface area contributed by atoms with E-state index in [0.717, 1.165) is 5.39 Å². The molecule has 1 amide bonds. The van der Waals surface area contributed by atoms with E-state index in [2.05, 4.69) is 21.8 Å². The molecule has 0 aliphatic carbocycles. The van der Waals surface area contributed by atoms with Crippen molar-refractivity contribution in [1.29, 1.82) is 0 Å². The normalized spacial score (nSPS) is 10.8. The second kappa shape index (κ2) is 8.20. The highest BCUT2D eigenvalue weighted by Crippen LogP contribution is 2.30. The molecule has 0 atom stereocenters. The predicted molar refractivity (Wildman–Crippen MR) is 101 cm³/mol. The van der Waals surface area contributed by atoms with E-state index < -0.39 is 5.91 Å². The number of fused-ring (bicyclic) bond motifs is 1. The Balaban J connectivity index is 1.83. The van der Waals surface area contributed by atoms with Gasteiger partial charge >= 0.3 is 0 Å². The molecule has 134 valence electrons. The molecule has 0 radical (unpaired) electrons. The molecular formula is C17H16ClN5O2S. The van der Waals surface area contributed by atoms with E-state index in [-0.39, 0.29) is 12.4 Å². The molecule has 2 N–H and O–H groups in total. The van der Waals surface area contributed by atoms with Gasteiger partial charge in [-0.1, -0.05) is 29.4 Å². The highest BCUT2D eigenvalue weighted by Gasteiger charge is 2.14. The zero-order valence-electron chi connectivity index (χ0n) is 13.8. The molecule has 2 aromatic heterocycles. The number of carbonyl (C=O) groups is 1. The Hall–Kier alpha value is -2.58. The summed E-state index contributed by atoms with van der Waals surface area (Å²) in [6, 6.07) is 7.25. The zero-order chi connectivity index (χ0) is 18.5. The average molecular weight is 390 g/mol. The molecule has 1 aromatic carbocycles. The lowest BCUT2D eigenvalue weighted by Crippen LogP contribution is -2.14. The fraction of sp³-hybridized carbons (Fsp3) is 0.176. The van der Waals surface area contributed by atoms with Crippen molar-refractivity contribution < 1.29 is 9.53 Å². The van der Waals surface area contributed by atoms with Gasteiger partial charge in [-0.15, -0.1) is 16.8 Å². The van der Waals surface area contributed by atoms with Crippen LogP contribution in [-0.4, -0.2) is 31.4 Å². The van der Waals surface area contributed by atoms with Crippen molar-refractivity contribution in [3.63, 3.8) is 0 Å². The summed E-state index contributed by atoms with van der Waals surface area (Å²) in [5.74, 6) is 0.919. The number of carbonyl (C=O) groups excluding carboxylic acids is 1. The van der Waals surface area contributed by atoms with Crippen LogP contribution in [0.5, 0.6) is 5.75 Å². The maximum Gasteiger partial charge on any atom is 0.227 e. The van der Waals surface area contributed by atoms with Gasteiger partial charge in [-0.2, -0.15) is 0 Å². The van der Waals surface area contributed by atoms with Crippen LogP contribution in [0, 0.1) is 0 Å². The second-order valence-electron chi connectivity index (χ2n) is 5.29. The largest absolute Gasteiger partial charge is 0.483 e. The van der Waals surface area contributed by atoms with Crippen LogP contribution in [0.25, 0.3) is 10.9 Å². The SMILES string of the molecule is C=CCn1c(COc2ccc(Cl)c3cccnc23)nnc1SCC(N)=O. The molecule has 9 heteroatoms. The Morgan fingerprint density at radius 3 is 3.00 bits per heavy atom. The van der Waals surface area contributed by atoms with Gasteiger partial charge in [0.15, 0.2) is 11.0 Å². The third kappa shape index (κ3) is 3.97. The van der Waals surface area contributed by atoms with Crippen molar-refractivity contribution in [1.82, 2.24) is 19.7 Å². The van der Waals surface area contributed by atoms with E-state index in [0.29, 0.717) is 33.8 Å². The molecule has 0 fully saturated rings. The minimum absolute atomic E-state index is 0.127. The summed E-state index contributed by atoms with van der Waals surface area (Å²) in [5, 5.41) is 10.3. The number of thioether (sulfide) groups is 1. The van der Waals surface area contributed by atoms with Crippen LogP contribution in [0.4, 0.5) is 0 Å². The van der Waals surface area contributed by atoms with Crippen molar-refractivity contribution in [3.05, 3.63) is 54.0 Å². The van der Waals surface area contributed by atoms with E-state index in [1.165, 1.54) is 11.8 Å². The van der Waals surface area contributed by atoms with Crippen LogP contribution in [-0.2, 0) is 17.9 Å². The number of pyridine rings is 1. The third-order valence-corrected chi connectivity index (χ3v) is 4.80. The number of nitrogens with two attached hydrogens (primary N) is 1. The van der Waals surface area contributed by atoms with E-state index in [4.69, 9.17) is 22.1 Å².